The molecule has 0 radical (unpaired) electrons. The highest BCUT2D eigenvalue weighted by Crippen LogP contribution is 2.15. The number of aryl methyl sites for hydroxylation is 2. The van der Waals surface area contributed by atoms with E-state index in [1.165, 1.54) is 25.1 Å². The molecule has 1 aliphatic rings. The Hall–Kier alpha value is -1.59. The average Bonchev–Trinajstić information content (AvgIpc) is 2.73. The molecule has 0 fully saturated rings. The molecule has 0 aromatic carbocycles. The van der Waals surface area contributed by atoms with Gasteiger partial charge in [0, 0.05) is 39.5 Å². The summed E-state index contributed by atoms with van der Waals surface area (Å²) >= 11 is 0. The Balaban J connectivity index is 1.73. The van der Waals surface area contributed by atoms with Gasteiger partial charge in [0.05, 0.1) is 0 Å². The number of aromatic nitrogens is 3. The van der Waals surface area contributed by atoms with Gasteiger partial charge in [-0.2, -0.15) is 0 Å². The van der Waals surface area contributed by atoms with Gasteiger partial charge in [-0.15, -0.1) is 10.2 Å². The molecular weight excluding hydrogens is 276 g/mol. The standard InChI is InChI=1S/C16H30N6/c1-13(2)12-19-16(17-3)18-10-7-9-15-21-20-14-8-5-4-6-11-22(14)15/h13H,4-12H2,1-3H3,(H2,17,18,19). The zero-order valence-electron chi connectivity index (χ0n) is 14.2. The van der Waals surface area contributed by atoms with Gasteiger partial charge in [-0.1, -0.05) is 20.3 Å². The average molecular weight is 306 g/mol. The molecule has 124 valence electrons. The first-order valence-corrected chi connectivity index (χ1v) is 8.56. The van der Waals surface area contributed by atoms with Gasteiger partial charge in [0.1, 0.15) is 11.6 Å². The van der Waals surface area contributed by atoms with Crippen LogP contribution in [0.2, 0.25) is 0 Å². The van der Waals surface area contributed by atoms with Gasteiger partial charge in [0.25, 0.3) is 0 Å². The maximum atomic E-state index is 4.38. The molecule has 0 unspecified atom stereocenters. The summed E-state index contributed by atoms with van der Waals surface area (Å²) in [5.74, 6) is 3.82. The lowest BCUT2D eigenvalue weighted by molar-refractivity contribution is 0.590. The number of hydrogen-bond donors (Lipinski definition) is 2. The fraction of sp³-hybridized carbons (Fsp3) is 0.812. The summed E-state index contributed by atoms with van der Waals surface area (Å²) in [6.45, 7) is 7.31. The van der Waals surface area contributed by atoms with Crippen LogP contribution in [-0.2, 0) is 19.4 Å². The molecule has 0 saturated heterocycles. The minimum atomic E-state index is 0.616. The molecule has 0 bridgehead atoms. The predicted molar refractivity (Wildman–Crippen MR) is 90.1 cm³/mol. The minimum absolute atomic E-state index is 0.616. The van der Waals surface area contributed by atoms with E-state index in [0.29, 0.717) is 5.92 Å². The smallest absolute Gasteiger partial charge is 0.190 e. The van der Waals surface area contributed by atoms with Crippen LogP contribution in [0.25, 0.3) is 0 Å². The van der Waals surface area contributed by atoms with E-state index in [4.69, 9.17) is 0 Å². The normalized spacial score (nSPS) is 15.5. The largest absolute Gasteiger partial charge is 0.356 e. The highest BCUT2D eigenvalue weighted by molar-refractivity contribution is 5.79. The summed E-state index contributed by atoms with van der Waals surface area (Å²) in [5, 5.41) is 15.4. The number of rotatable bonds is 6. The summed E-state index contributed by atoms with van der Waals surface area (Å²) in [6, 6.07) is 0. The van der Waals surface area contributed by atoms with Crippen molar-refractivity contribution >= 4 is 5.96 Å². The van der Waals surface area contributed by atoms with Crippen LogP contribution in [-0.4, -0.2) is 40.9 Å². The fourth-order valence-corrected chi connectivity index (χ4v) is 2.70. The number of guanidine groups is 1. The Kier molecular flexibility index (Phi) is 6.68. The molecule has 1 aromatic heterocycles. The second-order valence-electron chi connectivity index (χ2n) is 6.37. The number of fused-ring (bicyclic) bond motifs is 1. The highest BCUT2D eigenvalue weighted by Gasteiger charge is 2.14. The van der Waals surface area contributed by atoms with Crippen LogP contribution in [0.15, 0.2) is 4.99 Å². The third kappa shape index (κ3) is 5.00. The van der Waals surface area contributed by atoms with Crippen LogP contribution in [0.4, 0.5) is 0 Å². The number of aliphatic imine (C=N–C) groups is 1. The van der Waals surface area contributed by atoms with E-state index in [0.717, 1.165) is 50.7 Å². The second-order valence-corrected chi connectivity index (χ2v) is 6.37. The summed E-state index contributed by atoms with van der Waals surface area (Å²) in [6.07, 6.45) is 6.90. The van der Waals surface area contributed by atoms with Crippen LogP contribution < -0.4 is 10.6 Å². The zero-order valence-corrected chi connectivity index (χ0v) is 14.2. The first-order valence-electron chi connectivity index (χ1n) is 8.56. The Bertz CT molecular complexity index is 477. The first kappa shape index (κ1) is 16.8. The van der Waals surface area contributed by atoms with E-state index in [9.17, 15) is 0 Å². The molecule has 0 saturated carbocycles. The number of nitrogens with one attached hydrogen (secondary N) is 2. The van der Waals surface area contributed by atoms with E-state index >= 15 is 0 Å². The molecule has 1 aromatic rings. The van der Waals surface area contributed by atoms with Crippen molar-refractivity contribution in [1.82, 2.24) is 25.4 Å². The summed E-state index contributed by atoms with van der Waals surface area (Å²) in [7, 11) is 1.81. The van der Waals surface area contributed by atoms with Gasteiger partial charge in [0.2, 0.25) is 0 Å². The lowest BCUT2D eigenvalue weighted by atomic mass is 10.2. The quantitative estimate of drug-likeness (QED) is 0.477. The first-order chi connectivity index (χ1) is 10.7. The zero-order chi connectivity index (χ0) is 15.8. The van der Waals surface area contributed by atoms with Crippen LogP contribution in [0.1, 0.15) is 51.2 Å². The SMILES string of the molecule is CN=C(NCCCc1nnc2n1CCCCC2)NCC(C)C. The Morgan fingerprint density at radius 2 is 2.09 bits per heavy atom. The van der Waals surface area contributed by atoms with Gasteiger partial charge >= 0.3 is 0 Å². The Morgan fingerprint density at radius 3 is 2.86 bits per heavy atom. The summed E-state index contributed by atoms with van der Waals surface area (Å²) in [5.41, 5.74) is 0. The third-order valence-electron chi connectivity index (χ3n) is 3.96. The molecular formula is C16H30N6. The summed E-state index contributed by atoms with van der Waals surface area (Å²) in [4.78, 5) is 4.24. The van der Waals surface area contributed by atoms with Gasteiger partial charge in [-0.3, -0.25) is 4.99 Å². The molecule has 0 spiro atoms. The maximum Gasteiger partial charge on any atom is 0.190 e. The third-order valence-corrected chi connectivity index (χ3v) is 3.96. The number of nitrogens with zero attached hydrogens (tertiary/aromatic N) is 4. The van der Waals surface area contributed by atoms with Crippen LogP contribution in [0.5, 0.6) is 0 Å². The van der Waals surface area contributed by atoms with Crippen LogP contribution in [0, 0.1) is 5.92 Å². The summed E-state index contributed by atoms with van der Waals surface area (Å²) < 4.78 is 2.33. The Labute approximate surface area is 133 Å². The Morgan fingerprint density at radius 1 is 1.23 bits per heavy atom. The van der Waals surface area contributed by atoms with Crippen molar-refractivity contribution in [2.45, 2.75) is 58.9 Å². The highest BCUT2D eigenvalue weighted by atomic mass is 15.3. The molecule has 6 nitrogen and oxygen atoms in total. The van der Waals surface area contributed by atoms with Crippen molar-refractivity contribution in [3.63, 3.8) is 0 Å². The van der Waals surface area contributed by atoms with Gasteiger partial charge in [-0.25, -0.2) is 0 Å². The van der Waals surface area contributed by atoms with E-state index < -0.39 is 0 Å². The molecule has 0 atom stereocenters. The molecule has 6 heteroatoms. The lowest BCUT2D eigenvalue weighted by Gasteiger charge is -2.13. The minimum Gasteiger partial charge on any atom is -0.356 e. The van der Waals surface area contributed by atoms with E-state index in [1.807, 2.05) is 7.05 Å². The van der Waals surface area contributed by atoms with Crippen LogP contribution in [0.3, 0.4) is 0 Å². The van der Waals surface area contributed by atoms with Crippen molar-refractivity contribution in [3.05, 3.63) is 11.6 Å². The van der Waals surface area contributed by atoms with Crippen molar-refractivity contribution in [3.8, 4) is 0 Å². The molecule has 2 N–H and O–H groups in total. The van der Waals surface area contributed by atoms with Crippen LogP contribution >= 0.6 is 0 Å². The lowest BCUT2D eigenvalue weighted by Crippen LogP contribution is -2.39. The molecule has 22 heavy (non-hydrogen) atoms. The van der Waals surface area contributed by atoms with E-state index in [1.54, 1.807) is 0 Å². The fourth-order valence-electron chi connectivity index (χ4n) is 2.70. The molecule has 1 aliphatic heterocycles. The van der Waals surface area contributed by atoms with Crippen molar-refractivity contribution < 1.29 is 0 Å². The molecule has 0 amide bonds. The second kappa shape index (κ2) is 8.76. The van der Waals surface area contributed by atoms with Gasteiger partial charge < -0.3 is 15.2 Å². The molecule has 0 aliphatic carbocycles. The number of hydrogen-bond acceptors (Lipinski definition) is 3. The van der Waals surface area contributed by atoms with E-state index in [-0.39, 0.29) is 0 Å². The van der Waals surface area contributed by atoms with Crippen molar-refractivity contribution in [2.24, 2.45) is 10.9 Å². The topological polar surface area (TPSA) is 67.1 Å². The molecule has 2 rings (SSSR count). The van der Waals surface area contributed by atoms with Crippen molar-refractivity contribution in [1.29, 1.82) is 0 Å². The van der Waals surface area contributed by atoms with Crippen molar-refractivity contribution in [2.75, 3.05) is 20.1 Å². The predicted octanol–water partition coefficient (Wildman–Crippen LogP) is 1.76. The maximum absolute atomic E-state index is 4.38. The molecule has 2 heterocycles. The van der Waals surface area contributed by atoms with Gasteiger partial charge in [0.15, 0.2) is 5.96 Å². The van der Waals surface area contributed by atoms with Gasteiger partial charge in [-0.05, 0) is 25.2 Å². The monoisotopic (exact) mass is 306 g/mol. The van der Waals surface area contributed by atoms with E-state index in [2.05, 4.69) is 44.2 Å².